The highest BCUT2D eigenvalue weighted by atomic mass is 79.9. The van der Waals surface area contributed by atoms with Crippen LogP contribution in [0.1, 0.15) is 36.9 Å². The van der Waals surface area contributed by atoms with Gasteiger partial charge >= 0.3 is 0 Å². The molecule has 3 rings (SSSR count). The van der Waals surface area contributed by atoms with Crippen molar-refractivity contribution < 1.29 is 0 Å². The van der Waals surface area contributed by atoms with Crippen LogP contribution in [0.15, 0.2) is 22.7 Å². The second kappa shape index (κ2) is 5.90. The van der Waals surface area contributed by atoms with Gasteiger partial charge in [-0.15, -0.1) is 0 Å². The first-order valence-corrected chi connectivity index (χ1v) is 8.42. The Hall–Kier alpha value is -0.800. The van der Waals surface area contributed by atoms with Crippen molar-refractivity contribution in [1.29, 1.82) is 0 Å². The number of H-pyrrole nitrogens is 1. The molecule has 0 bridgehead atoms. The average molecular weight is 335 g/mol. The smallest absolute Gasteiger partial charge is 0.0459 e. The molecule has 0 amide bonds. The summed E-state index contributed by atoms with van der Waals surface area (Å²) in [7, 11) is 2.11. The lowest BCUT2D eigenvalue weighted by molar-refractivity contribution is 0.273. The molecule has 1 aromatic carbocycles. The van der Waals surface area contributed by atoms with Crippen molar-refractivity contribution >= 4 is 26.8 Å². The highest BCUT2D eigenvalue weighted by Crippen LogP contribution is 2.32. The molecule has 0 radical (unpaired) electrons. The van der Waals surface area contributed by atoms with E-state index in [1.165, 1.54) is 58.7 Å². The topological polar surface area (TPSA) is 27.8 Å². The summed E-state index contributed by atoms with van der Waals surface area (Å²) >= 11 is 3.60. The molecule has 0 aliphatic heterocycles. The second-order valence-corrected chi connectivity index (χ2v) is 6.98. The molecular formula is C17H23BrN2. The summed E-state index contributed by atoms with van der Waals surface area (Å²) in [5.41, 5.74) is 4.10. The van der Waals surface area contributed by atoms with E-state index in [4.69, 9.17) is 0 Å². The van der Waals surface area contributed by atoms with Gasteiger partial charge in [0, 0.05) is 27.1 Å². The first-order valence-electron chi connectivity index (χ1n) is 7.63. The van der Waals surface area contributed by atoms with Crippen LogP contribution in [-0.4, -0.2) is 18.1 Å². The number of rotatable bonds is 3. The van der Waals surface area contributed by atoms with Crippen molar-refractivity contribution in [2.24, 2.45) is 5.92 Å². The lowest BCUT2D eigenvalue weighted by Gasteiger charge is -2.31. The molecule has 1 heterocycles. The third-order valence-corrected chi connectivity index (χ3v) is 5.32. The van der Waals surface area contributed by atoms with E-state index in [2.05, 4.69) is 58.4 Å². The monoisotopic (exact) mass is 334 g/mol. The van der Waals surface area contributed by atoms with Gasteiger partial charge in [-0.25, -0.2) is 0 Å². The van der Waals surface area contributed by atoms with Crippen molar-refractivity contribution in [2.75, 3.05) is 7.05 Å². The maximum atomic E-state index is 3.60. The molecule has 2 atom stereocenters. The van der Waals surface area contributed by atoms with E-state index < -0.39 is 0 Å². The number of halogens is 1. The fraction of sp³-hybridized carbons (Fsp3) is 0.529. The molecule has 2 nitrogen and oxygen atoms in total. The van der Waals surface area contributed by atoms with Gasteiger partial charge in [0.05, 0.1) is 0 Å². The van der Waals surface area contributed by atoms with E-state index >= 15 is 0 Å². The zero-order valence-electron chi connectivity index (χ0n) is 12.3. The number of aromatic nitrogens is 1. The highest BCUT2D eigenvalue weighted by molar-refractivity contribution is 9.10. The van der Waals surface area contributed by atoms with Crippen molar-refractivity contribution in [2.45, 2.75) is 45.1 Å². The summed E-state index contributed by atoms with van der Waals surface area (Å²) < 4.78 is 1.17. The van der Waals surface area contributed by atoms with Gasteiger partial charge in [-0.2, -0.15) is 0 Å². The number of aryl methyl sites for hydroxylation is 1. The summed E-state index contributed by atoms with van der Waals surface area (Å²) in [6.07, 6.45) is 6.63. The molecule has 0 saturated heterocycles. The molecule has 20 heavy (non-hydrogen) atoms. The fourth-order valence-corrected chi connectivity index (χ4v) is 4.07. The molecule has 0 spiro atoms. The number of hydrogen-bond donors (Lipinski definition) is 2. The third kappa shape index (κ3) is 2.66. The fourth-order valence-electron chi connectivity index (χ4n) is 3.71. The first kappa shape index (κ1) is 14.2. The maximum Gasteiger partial charge on any atom is 0.0459 e. The van der Waals surface area contributed by atoms with Gasteiger partial charge in [0.25, 0.3) is 0 Å². The van der Waals surface area contributed by atoms with Crippen LogP contribution in [0.3, 0.4) is 0 Å². The molecule has 1 fully saturated rings. The zero-order chi connectivity index (χ0) is 14.1. The SMILES string of the molecule is CNC1CCCCC1Cc1c(C)[nH]c2ccc(Br)cc12. The van der Waals surface area contributed by atoms with Crippen LogP contribution in [-0.2, 0) is 6.42 Å². The number of nitrogens with one attached hydrogen (secondary N) is 2. The average Bonchev–Trinajstić information content (AvgIpc) is 2.76. The van der Waals surface area contributed by atoms with Crippen LogP contribution in [0.5, 0.6) is 0 Å². The predicted molar refractivity (Wildman–Crippen MR) is 89.2 cm³/mol. The van der Waals surface area contributed by atoms with Gasteiger partial charge < -0.3 is 10.3 Å². The second-order valence-electron chi connectivity index (χ2n) is 6.06. The lowest BCUT2D eigenvalue weighted by Crippen LogP contribution is -2.37. The van der Waals surface area contributed by atoms with E-state index in [0.29, 0.717) is 6.04 Å². The molecule has 108 valence electrons. The summed E-state index contributed by atoms with van der Waals surface area (Å²) in [6.45, 7) is 2.21. The molecule has 3 heteroatoms. The van der Waals surface area contributed by atoms with Crippen LogP contribution in [0.2, 0.25) is 0 Å². The van der Waals surface area contributed by atoms with Gasteiger partial charge in [0.2, 0.25) is 0 Å². The Morgan fingerprint density at radius 3 is 2.90 bits per heavy atom. The standard InChI is InChI=1S/C17H23BrN2/c1-11-14(9-12-5-3-4-6-16(12)19-2)15-10-13(18)7-8-17(15)20-11/h7-8,10,12,16,19-20H,3-6,9H2,1-2H3. The number of aromatic amines is 1. The number of benzene rings is 1. The molecule has 1 aliphatic rings. The Morgan fingerprint density at radius 2 is 2.10 bits per heavy atom. The molecule has 1 aromatic heterocycles. The minimum absolute atomic E-state index is 0.681. The number of hydrogen-bond acceptors (Lipinski definition) is 1. The third-order valence-electron chi connectivity index (χ3n) is 4.83. The Labute approximate surface area is 129 Å². The van der Waals surface area contributed by atoms with Gasteiger partial charge in [-0.3, -0.25) is 0 Å². The van der Waals surface area contributed by atoms with Crippen molar-refractivity contribution in [1.82, 2.24) is 10.3 Å². The van der Waals surface area contributed by atoms with Crippen LogP contribution in [0.25, 0.3) is 10.9 Å². The van der Waals surface area contributed by atoms with E-state index in [1.807, 2.05) is 0 Å². The Bertz CT molecular complexity index is 602. The van der Waals surface area contributed by atoms with Gasteiger partial charge in [0.1, 0.15) is 0 Å². The van der Waals surface area contributed by atoms with Crippen LogP contribution in [0.4, 0.5) is 0 Å². The summed E-state index contributed by atoms with van der Waals surface area (Å²) in [5, 5.41) is 4.91. The van der Waals surface area contributed by atoms with E-state index in [0.717, 1.165) is 5.92 Å². The zero-order valence-corrected chi connectivity index (χ0v) is 13.9. The molecule has 2 N–H and O–H groups in total. The van der Waals surface area contributed by atoms with Crippen LogP contribution >= 0.6 is 15.9 Å². The molecule has 2 aromatic rings. The molecule has 1 saturated carbocycles. The predicted octanol–water partition coefficient (Wildman–Crippen LogP) is 4.56. The Kier molecular flexibility index (Phi) is 4.18. The maximum absolute atomic E-state index is 3.60. The van der Waals surface area contributed by atoms with E-state index in [9.17, 15) is 0 Å². The van der Waals surface area contributed by atoms with Gasteiger partial charge in [-0.05, 0) is 62.9 Å². The Balaban J connectivity index is 1.93. The highest BCUT2D eigenvalue weighted by Gasteiger charge is 2.25. The molecule has 2 unspecified atom stereocenters. The minimum atomic E-state index is 0.681. The largest absolute Gasteiger partial charge is 0.358 e. The summed E-state index contributed by atoms with van der Waals surface area (Å²) in [5.74, 6) is 0.769. The minimum Gasteiger partial charge on any atom is -0.358 e. The summed E-state index contributed by atoms with van der Waals surface area (Å²) in [4.78, 5) is 3.54. The quantitative estimate of drug-likeness (QED) is 0.846. The van der Waals surface area contributed by atoms with Gasteiger partial charge in [-0.1, -0.05) is 28.8 Å². The van der Waals surface area contributed by atoms with Gasteiger partial charge in [0.15, 0.2) is 0 Å². The molecular weight excluding hydrogens is 312 g/mol. The lowest BCUT2D eigenvalue weighted by atomic mass is 9.80. The normalized spacial score (nSPS) is 23.4. The van der Waals surface area contributed by atoms with Crippen LogP contribution in [0, 0.1) is 12.8 Å². The van der Waals surface area contributed by atoms with Crippen molar-refractivity contribution in [3.8, 4) is 0 Å². The molecule has 1 aliphatic carbocycles. The number of fused-ring (bicyclic) bond motifs is 1. The van der Waals surface area contributed by atoms with E-state index in [-0.39, 0.29) is 0 Å². The Morgan fingerprint density at radius 1 is 1.30 bits per heavy atom. The van der Waals surface area contributed by atoms with Crippen molar-refractivity contribution in [3.05, 3.63) is 33.9 Å². The van der Waals surface area contributed by atoms with Crippen molar-refractivity contribution in [3.63, 3.8) is 0 Å². The first-order chi connectivity index (χ1) is 9.69. The summed E-state index contributed by atoms with van der Waals surface area (Å²) in [6, 6.07) is 7.22. The van der Waals surface area contributed by atoms with Crippen LogP contribution < -0.4 is 5.32 Å². The van der Waals surface area contributed by atoms with E-state index in [1.54, 1.807) is 0 Å².